The number of benzene rings is 2. The summed E-state index contributed by atoms with van der Waals surface area (Å²) in [5.41, 5.74) is 7.17. The first-order valence-electron chi connectivity index (χ1n) is 13.0. The van der Waals surface area contributed by atoms with Gasteiger partial charge in [0.15, 0.2) is 0 Å². The van der Waals surface area contributed by atoms with Gasteiger partial charge in [-0.3, -0.25) is 14.4 Å². The van der Waals surface area contributed by atoms with Gasteiger partial charge in [0.2, 0.25) is 11.8 Å². The molecular weight excluding hydrogens is 516 g/mol. The molecule has 0 heterocycles. The van der Waals surface area contributed by atoms with Gasteiger partial charge in [0.1, 0.15) is 23.4 Å². The standard InChI is InChI=1S/C29H40N4O7/c1-18-8-7-9-22(19(18)2)25(26(36)31-20-10-12-21(39-6)13-11-20)33(16-17-34)27(37)23(14-15-24(30)35)32-28(38)40-29(3,4)5/h7-13,23,25,34H,14-17H2,1-6H3,(H2,30,35)(H,31,36)(H,32,38). The third-order valence-corrected chi connectivity index (χ3v) is 6.15. The van der Waals surface area contributed by atoms with Crippen LogP contribution in [0.4, 0.5) is 10.5 Å². The van der Waals surface area contributed by atoms with Gasteiger partial charge < -0.3 is 35.8 Å². The highest BCUT2D eigenvalue weighted by Gasteiger charge is 2.37. The predicted octanol–water partition coefficient (Wildman–Crippen LogP) is 2.97. The van der Waals surface area contributed by atoms with Crippen molar-refractivity contribution in [3.05, 3.63) is 59.2 Å². The average Bonchev–Trinajstić information content (AvgIpc) is 2.87. The van der Waals surface area contributed by atoms with E-state index < -0.39 is 48.1 Å². The van der Waals surface area contributed by atoms with Crippen LogP contribution in [0.5, 0.6) is 5.75 Å². The molecule has 2 rings (SSSR count). The zero-order chi connectivity index (χ0) is 30.0. The molecule has 11 heteroatoms. The number of hydrogen-bond donors (Lipinski definition) is 4. The molecule has 5 N–H and O–H groups in total. The number of nitrogens with zero attached hydrogens (tertiary/aromatic N) is 1. The lowest BCUT2D eigenvalue weighted by molar-refractivity contribution is -0.141. The number of primary amides is 1. The van der Waals surface area contributed by atoms with Crippen LogP contribution >= 0.6 is 0 Å². The van der Waals surface area contributed by atoms with Crippen molar-refractivity contribution in [2.45, 2.75) is 65.1 Å². The number of nitrogens with one attached hydrogen (secondary N) is 2. The molecule has 0 saturated heterocycles. The fraction of sp³-hybridized carbons (Fsp3) is 0.448. The molecule has 0 aliphatic rings. The Labute approximate surface area is 235 Å². The molecule has 0 bridgehead atoms. The number of amides is 4. The van der Waals surface area contributed by atoms with Crippen molar-refractivity contribution in [2.24, 2.45) is 5.73 Å². The number of carbonyl (C=O) groups excluding carboxylic acids is 4. The van der Waals surface area contributed by atoms with E-state index >= 15 is 0 Å². The SMILES string of the molecule is COc1ccc(NC(=O)C(c2cccc(C)c2C)N(CCO)C(=O)C(CCC(N)=O)NC(=O)OC(C)(C)C)cc1. The fourth-order valence-corrected chi connectivity index (χ4v) is 4.07. The Morgan fingerprint density at radius 2 is 1.70 bits per heavy atom. The molecule has 11 nitrogen and oxygen atoms in total. The normalized spacial score (nSPS) is 12.6. The summed E-state index contributed by atoms with van der Waals surface area (Å²) in [6.07, 6.45) is -1.20. The van der Waals surface area contributed by atoms with E-state index in [-0.39, 0.29) is 19.4 Å². The van der Waals surface area contributed by atoms with Gasteiger partial charge in [0, 0.05) is 18.7 Å². The summed E-state index contributed by atoms with van der Waals surface area (Å²) in [7, 11) is 1.53. The van der Waals surface area contributed by atoms with Gasteiger partial charge in [-0.05, 0) is 82.0 Å². The minimum atomic E-state index is -1.25. The number of alkyl carbamates (subject to hydrolysis) is 1. The number of nitrogens with two attached hydrogens (primary N) is 1. The second-order valence-electron chi connectivity index (χ2n) is 10.4. The maximum atomic E-state index is 14.0. The lowest BCUT2D eigenvalue weighted by atomic mass is 9.94. The van der Waals surface area contributed by atoms with E-state index in [4.69, 9.17) is 15.2 Å². The van der Waals surface area contributed by atoms with Gasteiger partial charge in [-0.1, -0.05) is 18.2 Å². The van der Waals surface area contributed by atoms with E-state index in [0.717, 1.165) is 11.1 Å². The molecule has 2 atom stereocenters. The van der Waals surface area contributed by atoms with Crippen molar-refractivity contribution >= 4 is 29.5 Å². The Balaban J connectivity index is 2.55. The zero-order valence-corrected chi connectivity index (χ0v) is 23.9. The smallest absolute Gasteiger partial charge is 0.408 e. The van der Waals surface area contributed by atoms with Crippen molar-refractivity contribution in [3.63, 3.8) is 0 Å². The number of aliphatic hydroxyl groups is 1. The van der Waals surface area contributed by atoms with Crippen LogP contribution in [0.2, 0.25) is 0 Å². The van der Waals surface area contributed by atoms with Crippen LogP contribution < -0.4 is 21.1 Å². The molecule has 2 unspecified atom stereocenters. The monoisotopic (exact) mass is 556 g/mol. The van der Waals surface area contributed by atoms with E-state index in [9.17, 15) is 24.3 Å². The van der Waals surface area contributed by atoms with E-state index in [2.05, 4.69) is 10.6 Å². The highest BCUT2D eigenvalue weighted by molar-refractivity contribution is 5.99. The molecule has 2 aromatic rings. The second-order valence-corrected chi connectivity index (χ2v) is 10.4. The molecule has 0 saturated carbocycles. The maximum Gasteiger partial charge on any atom is 0.408 e. The van der Waals surface area contributed by atoms with Gasteiger partial charge >= 0.3 is 6.09 Å². The molecule has 218 valence electrons. The molecule has 4 amide bonds. The number of aliphatic hydroxyl groups excluding tert-OH is 1. The van der Waals surface area contributed by atoms with Gasteiger partial charge in [0.05, 0.1) is 13.7 Å². The first-order chi connectivity index (χ1) is 18.8. The van der Waals surface area contributed by atoms with E-state index in [1.807, 2.05) is 19.9 Å². The van der Waals surface area contributed by atoms with Crippen molar-refractivity contribution in [3.8, 4) is 5.75 Å². The Bertz CT molecular complexity index is 1190. The minimum Gasteiger partial charge on any atom is -0.497 e. The summed E-state index contributed by atoms with van der Waals surface area (Å²) >= 11 is 0. The van der Waals surface area contributed by atoms with Gasteiger partial charge in [0.25, 0.3) is 5.91 Å². The number of carbonyl (C=O) groups is 4. The summed E-state index contributed by atoms with van der Waals surface area (Å²) in [6.45, 7) is 8.05. The molecule has 2 aromatic carbocycles. The summed E-state index contributed by atoms with van der Waals surface area (Å²) in [6, 6.07) is 9.65. The molecule has 0 spiro atoms. The average molecular weight is 557 g/mol. The van der Waals surface area contributed by atoms with Crippen molar-refractivity contribution in [1.29, 1.82) is 0 Å². The quantitative estimate of drug-likeness (QED) is 0.313. The number of methoxy groups -OCH3 is 1. The summed E-state index contributed by atoms with van der Waals surface area (Å²) in [4.78, 5) is 53.2. The van der Waals surface area contributed by atoms with Crippen molar-refractivity contribution in [1.82, 2.24) is 10.2 Å². The Morgan fingerprint density at radius 3 is 2.25 bits per heavy atom. The third kappa shape index (κ3) is 9.26. The third-order valence-electron chi connectivity index (χ3n) is 6.15. The number of aryl methyl sites for hydroxylation is 1. The van der Waals surface area contributed by atoms with Crippen LogP contribution in [0.1, 0.15) is 56.3 Å². The van der Waals surface area contributed by atoms with Crippen molar-refractivity contribution < 1.29 is 33.8 Å². The molecule has 0 radical (unpaired) electrons. The topological polar surface area (TPSA) is 160 Å². The number of anilines is 1. The second kappa shape index (κ2) is 14.3. The van der Waals surface area contributed by atoms with E-state index in [0.29, 0.717) is 17.0 Å². The highest BCUT2D eigenvalue weighted by atomic mass is 16.6. The lowest BCUT2D eigenvalue weighted by Crippen LogP contribution is -2.53. The first kappa shape index (κ1) is 32.1. The fourth-order valence-electron chi connectivity index (χ4n) is 4.07. The summed E-state index contributed by atoms with van der Waals surface area (Å²) < 4.78 is 10.5. The molecule has 0 aliphatic carbocycles. The van der Waals surface area contributed by atoms with Gasteiger partial charge in [-0.2, -0.15) is 0 Å². The predicted molar refractivity (Wildman–Crippen MR) is 151 cm³/mol. The van der Waals surface area contributed by atoms with Crippen LogP contribution in [0, 0.1) is 13.8 Å². The van der Waals surface area contributed by atoms with Crippen LogP contribution in [0.15, 0.2) is 42.5 Å². The number of ether oxygens (including phenoxy) is 2. The highest BCUT2D eigenvalue weighted by Crippen LogP contribution is 2.29. The first-order valence-corrected chi connectivity index (χ1v) is 13.0. The van der Waals surface area contributed by atoms with Gasteiger partial charge in [-0.15, -0.1) is 0 Å². The molecule has 40 heavy (non-hydrogen) atoms. The molecule has 0 aliphatic heterocycles. The summed E-state index contributed by atoms with van der Waals surface area (Å²) in [5.74, 6) is -1.28. The Morgan fingerprint density at radius 1 is 1.05 bits per heavy atom. The van der Waals surface area contributed by atoms with Gasteiger partial charge in [-0.25, -0.2) is 4.79 Å². The van der Waals surface area contributed by atoms with Crippen LogP contribution in [0.25, 0.3) is 0 Å². The maximum absolute atomic E-state index is 14.0. The van der Waals surface area contributed by atoms with E-state index in [1.165, 1.54) is 12.0 Å². The summed E-state index contributed by atoms with van der Waals surface area (Å²) in [5, 5.41) is 15.3. The molecule has 0 fully saturated rings. The number of hydrogen-bond acceptors (Lipinski definition) is 7. The van der Waals surface area contributed by atoms with Crippen molar-refractivity contribution in [2.75, 3.05) is 25.6 Å². The lowest BCUT2D eigenvalue weighted by Gasteiger charge is -2.35. The number of rotatable bonds is 12. The Kier molecular flexibility index (Phi) is 11.5. The largest absolute Gasteiger partial charge is 0.497 e. The minimum absolute atomic E-state index is 0.130. The van der Waals surface area contributed by atoms with Crippen LogP contribution in [-0.4, -0.2) is 65.7 Å². The van der Waals surface area contributed by atoms with E-state index in [1.54, 1.807) is 57.2 Å². The van der Waals surface area contributed by atoms with Crippen LogP contribution in [0.3, 0.4) is 0 Å². The van der Waals surface area contributed by atoms with Crippen LogP contribution in [-0.2, 0) is 19.1 Å². The Hall–Kier alpha value is -4.12. The molecular formula is C29H40N4O7. The zero-order valence-electron chi connectivity index (χ0n) is 23.9. The molecule has 0 aromatic heterocycles.